The van der Waals surface area contributed by atoms with Gasteiger partial charge in [-0.1, -0.05) is 29.5 Å². The predicted molar refractivity (Wildman–Crippen MR) is 134 cm³/mol. The van der Waals surface area contributed by atoms with Crippen LogP contribution in [0.3, 0.4) is 0 Å². The van der Waals surface area contributed by atoms with Gasteiger partial charge in [0.1, 0.15) is 23.8 Å². The number of amides is 3. The summed E-state index contributed by atoms with van der Waals surface area (Å²) < 4.78 is 8.06. The molecule has 1 spiro atoms. The molecule has 3 aliphatic rings. The number of hydrogen-bond acceptors (Lipinski definition) is 7. The number of β-amino-alcohol motifs (C(OH)–C–C–N with tert-alkyl or cyclic N) is 1. The molecule has 1 N–H and O–H groups in total. The first-order chi connectivity index (χ1) is 17.9. The average Bonchev–Trinajstić information content (AvgIpc) is 3.63. The van der Waals surface area contributed by atoms with Gasteiger partial charge in [-0.25, -0.2) is 4.68 Å². The monoisotopic (exact) mass is 508 g/mol. The molecule has 2 unspecified atom stereocenters. The number of carbonyl (C=O) groups is 3. The normalized spacial score (nSPS) is 27.9. The van der Waals surface area contributed by atoms with Gasteiger partial charge in [0.15, 0.2) is 0 Å². The zero-order chi connectivity index (χ0) is 26.3. The summed E-state index contributed by atoms with van der Waals surface area (Å²) in [6.45, 7) is 7.81. The number of aliphatic hydroxyl groups excluding tert-OH is 1. The van der Waals surface area contributed by atoms with Crippen LogP contribution >= 0.6 is 0 Å². The lowest BCUT2D eigenvalue weighted by Gasteiger charge is -2.36. The van der Waals surface area contributed by atoms with Gasteiger partial charge in [0.25, 0.3) is 0 Å². The van der Waals surface area contributed by atoms with Gasteiger partial charge in [-0.15, -0.1) is 18.3 Å². The van der Waals surface area contributed by atoms with Gasteiger partial charge < -0.3 is 24.5 Å². The van der Waals surface area contributed by atoms with Gasteiger partial charge in [0.2, 0.25) is 17.7 Å². The number of hydrogen-bond donors (Lipinski definition) is 1. The predicted octanol–water partition coefficient (Wildman–Crippen LogP) is 0.415. The number of benzene rings is 1. The summed E-state index contributed by atoms with van der Waals surface area (Å²) in [7, 11) is 1.67. The van der Waals surface area contributed by atoms with E-state index in [-0.39, 0.29) is 44.1 Å². The Balaban J connectivity index is 1.50. The third-order valence-corrected chi connectivity index (χ3v) is 7.83. The highest BCUT2D eigenvalue weighted by atomic mass is 16.5. The van der Waals surface area contributed by atoms with Gasteiger partial charge in [0.05, 0.1) is 30.1 Å². The van der Waals surface area contributed by atoms with Gasteiger partial charge in [-0.2, -0.15) is 0 Å². The van der Waals surface area contributed by atoms with Crippen molar-refractivity contribution in [2.75, 3.05) is 33.3 Å². The number of likely N-dealkylation sites (tertiary alicyclic amines) is 1. The first-order valence-electron chi connectivity index (χ1n) is 12.5. The first kappa shape index (κ1) is 25.1. The van der Waals surface area contributed by atoms with E-state index in [2.05, 4.69) is 23.5 Å². The molecule has 0 radical (unpaired) electrons. The number of carbonyl (C=O) groups excluding carboxylic acids is 3. The third-order valence-electron chi connectivity index (χ3n) is 7.83. The van der Waals surface area contributed by atoms with Crippen molar-refractivity contribution in [1.82, 2.24) is 29.7 Å². The fourth-order valence-corrected chi connectivity index (χ4v) is 6.33. The van der Waals surface area contributed by atoms with Crippen LogP contribution in [-0.2, 0) is 25.8 Å². The number of ether oxygens (including phenoxy) is 1. The van der Waals surface area contributed by atoms with E-state index in [4.69, 9.17) is 4.74 Å². The number of aliphatic hydroxyl groups is 1. The highest BCUT2D eigenvalue weighted by Gasteiger charge is 2.74. The highest BCUT2D eigenvalue weighted by Crippen LogP contribution is 2.58. The zero-order valence-corrected chi connectivity index (χ0v) is 20.9. The summed E-state index contributed by atoms with van der Waals surface area (Å²) in [4.78, 5) is 45.9. The molecule has 3 fully saturated rings. The van der Waals surface area contributed by atoms with Crippen molar-refractivity contribution in [2.24, 2.45) is 11.8 Å². The first-order valence-corrected chi connectivity index (χ1v) is 12.5. The minimum absolute atomic E-state index is 0.0287. The second-order valence-electron chi connectivity index (χ2n) is 9.89. The second-order valence-corrected chi connectivity index (χ2v) is 9.89. The molecule has 2 aromatic rings. The van der Waals surface area contributed by atoms with Crippen molar-refractivity contribution >= 4 is 28.8 Å². The molecular weight excluding hydrogens is 476 g/mol. The molecule has 3 amide bonds. The fraction of sp³-hybridized carbons (Fsp3) is 0.500. The Bertz CT molecular complexity index is 1250. The van der Waals surface area contributed by atoms with E-state index in [1.165, 1.54) is 9.80 Å². The molecule has 5 rings (SSSR count). The molecule has 0 aliphatic carbocycles. The van der Waals surface area contributed by atoms with Crippen LogP contribution in [0.2, 0.25) is 0 Å². The second kappa shape index (κ2) is 9.71. The van der Waals surface area contributed by atoms with Crippen LogP contribution < -0.4 is 0 Å². The third kappa shape index (κ3) is 3.84. The van der Waals surface area contributed by atoms with Crippen LogP contribution in [0.4, 0.5) is 0 Å². The summed E-state index contributed by atoms with van der Waals surface area (Å²) in [5.74, 6) is -2.33. The van der Waals surface area contributed by atoms with E-state index in [0.29, 0.717) is 24.9 Å². The molecule has 11 heteroatoms. The van der Waals surface area contributed by atoms with E-state index >= 15 is 0 Å². The van der Waals surface area contributed by atoms with E-state index in [9.17, 15) is 19.5 Å². The van der Waals surface area contributed by atoms with Crippen LogP contribution in [-0.4, -0.2) is 104 Å². The maximum Gasteiger partial charge on any atom is 0.250 e. The summed E-state index contributed by atoms with van der Waals surface area (Å²) in [5, 5.41) is 18.2. The summed E-state index contributed by atoms with van der Waals surface area (Å²) in [5.41, 5.74) is 0.338. The van der Waals surface area contributed by atoms with Crippen LogP contribution in [0.1, 0.15) is 12.8 Å². The molecule has 196 valence electrons. The Morgan fingerprint density at radius 1 is 1.24 bits per heavy atom. The summed E-state index contributed by atoms with van der Waals surface area (Å²) in [6.07, 6.45) is 3.86. The lowest BCUT2D eigenvalue weighted by Crippen LogP contribution is -2.56. The number of aromatic nitrogens is 3. The van der Waals surface area contributed by atoms with Crippen LogP contribution in [0.5, 0.6) is 0 Å². The van der Waals surface area contributed by atoms with E-state index in [0.717, 1.165) is 5.52 Å². The van der Waals surface area contributed by atoms with Crippen molar-refractivity contribution in [3.8, 4) is 0 Å². The van der Waals surface area contributed by atoms with Crippen molar-refractivity contribution in [1.29, 1.82) is 0 Å². The topological polar surface area (TPSA) is 121 Å². The van der Waals surface area contributed by atoms with E-state index < -0.39 is 29.6 Å². The molecule has 37 heavy (non-hydrogen) atoms. The highest BCUT2D eigenvalue weighted by molar-refractivity contribution is 5.99. The Kier molecular flexibility index (Phi) is 6.59. The minimum Gasteiger partial charge on any atom is -0.395 e. The number of fused-ring (bicyclic) bond motifs is 2. The van der Waals surface area contributed by atoms with Crippen molar-refractivity contribution in [3.05, 3.63) is 49.6 Å². The maximum atomic E-state index is 14.2. The SMILES string of the molecule is C=CCN(C)C(=O)[C@@H]1[C@@H]2CCC3(O2)C(C(=O)N(CC=C)Cn2nnc4ccccc42)N(CCO)C(=O)[C@H]13. The molecule has 3 saturated heterocycles. The van der Waals surface area contributed by atoms with Crippen LogP contribution in [0, 0.1) is 11.8 Å². The Morgan fingerprint density at radius 3 is 2.73 bits per heavy atom. The number of para-hydroxylation sites is 1. The van der Waals surface area contributed by atoms with Crippen molar-refractivity contribution in [3.63, 3.8) is 0 Å². The van der Waals surface area contributed by atoms with Gasteiger partial charge in [-0.05, 0) is 25.0 Å². The maximum absolute atomic E-state index is 14.2. The standard InChI is InChI=1S/C26H32N6O5/c1-4-12-29(3)23(34)20-19-10-11-26(37-19)21(20)24(35)31(14-15-33)22(26)25(36)30(13-5-2)16-32-18-9-7-6-8-17(18)27-28-32/h4-9,19-22,33H,1-2,10-16H2,3H3/t19-,20+,21-,22?,26?/m0/s1. The molecule has 2 bridgehead atoms. The molecule has 1 aromatic carbocycles. The zero-order valence-electron chi connectivity index (χ0n) is 20.9. The Labute approximate surface area is 214 Å². The van der Waals surface area contributed by atoms with Gasteiger partial charge in [0, 0.05) is 26.7 Å². The Hall–Kier alpha value is -3.57. The van der Waals surface area contributed by atoms with E-state index in [1.54, 1.807) is 28.8 Å². The van der Waals surface area contributed by atoms with Crippen molar-refractivity contribution < 1.29 is 24.2 Å². The fourth-order valence-electron chi connectivity index (χ4n) is 6.33. The molecule has 1 aromatic heterocycles. The van der Waals surface area contributed by atoms with Crippen molar-refractivity contribution in [2.45, 2.75) is 37.3 Å². The van der Waals surface area contributed by atoms with Gasteiger partial charge >= 0.3 is 0 Å². The number of rotatable bonds is 10. The smallest absolute Gasteiger partial charge is 0.250 e. The number of likely N-dealkylation sites (N-methyl/N-ethyl adjacent to an activating group) is 1. The molecule has 5 atom stereocenters. The molecule has 0 saturated carbocycles. The molecule has 11 nitrogen and oxygen atoms in total. The van der Waals surface area contributed by atoms with Gasteiger partial charge in [-0.3, -0.25) is 14.4 Å². The largest absolute Gasteiger partial charge is 0.395 e. The lowest BCUT2D eigenvalue weighted by atomic mass is 9.70. The molecule has 3 aliphatic heterocycles. The molecular formula is C26H32N6O5. The lowest BCUT2D eigenvalue weighted by molar-refractivity contribution is -0.150. The number of nitrogens with zero attached hydrogens (tertiary/aromatic N) is 6. The van der Waals surface area contributed by atoms with Crippen LogP contribution in [0.15, 0.2) is 49.6 Å². The molecule has 4 heterocycles. The summed E-state index contributed by atoms with van der Waals surface area (Å²) >= 11 is 0. The Morgan fingerprint density at radius 2 is 2.00 bits per heavy atom. The van der Waals surface area contributed by atoms with Crippen LogP contribution in [0.25, 0.3) is 11.0 Å². The minimum atomic E-state index is -1.13. The average molecular weight is 509 g/mol. The summed E-state index contributed by atoms with van der Waals surface area (Å²) in [6, 6.07) is 6.47. The quantitative estimate of drug-likeness (QED) is 0.462. The van der Waals surface area contributed by atoms with E-state index in [1.807, 2.05) is 24.3 Å².